The van der Waals surface area contributed by atoms with Gasteiger partial charge >= 0.3 is 6.01 Å². The zero-order chi connectivity index (χ0) is 14.9. The van der Waals surface area contributed by atoms with Crippen molar-refractivity contribution >= 4 is 11.9 Å². The summed E-state index contributed by atoms with van der Waals surface area (Å²) in [6.45, 7) is 3.47. The van der Waals surface area contributed by atoms with Crippen molar-refractivity contribution in [1.29, 1.82) is 0 Å². The minimum Gasteiger partial charge on any atom is -0.492 e. The van der Waals surface area contributed by atoms with Gasteiger partial charge in [0, 0.05) is 7.05 Å². The van der Waals surface area contributed by atoms with Crippen LogP contribution in [0.4, 0.5) is 11.9 Å². The highest BCUT2D eigenvalue weighted by molar-refractivity contribution is 5.35. The van der Waals surface area contributed by atoms with Crippen molar-refractivity contribution < 1.29 is 9.47 Å². The molecule has 0 spiro atoms. The highest BCUT2D eigenvalue weighted by Gasteiger charge is 2.05. The SMILES string of the molecule is CCOc1nc(NC)nc(NCCOc2ccccc2)n1. The van der Waals surface area contributed by atoms with Crippen LogP contribution >= 0.6 is 0 Å². The Bertz CT molecular complexity index is 550. The van der Waals surface area contributed by atoms with E-state index in [0.717, 1.165) is 5.75 Å². The van der Waals surface area contributed by atoms with E-state index in [1.807, 2.05) is 37.3 Å². The fourth-order valence-electron chi connectivity index (χ4n) is 1.59. The summed E-state index contributed by atoms with van der Waals surface area (Å²) < 4.78 is 10.9. The summed E-state index contributed by atoms with van der Waals surface area (Å²) in [4.78, 5) is 12.5. The second-order valence-corrected chi connectivity index (χ2v) is 4.04. The molecule has 2 rings (SSSR count). The molecule has 0 saturated heterocycles. The predicted octanol–water partition coefficient (Wildman–Crippen LogP) is 1.80. The van der Waals surface area contributed by atoms with Crippen molar-refractivity contribution in [2.24, 2.45) is 0 Å². The lowest BCUT2D eigenvalue weighted by Gasteiger charge is -2.09. The molecule has 0 aliphatic carbocycles. The van der Waals surface area contributed by atoms with Gasteiger partial charge in [-0.3, -0.25) is 0 Å². The van der Waals surface area contributed by atoms with Crippen LogP contribution in [0.1, 0.15) is 6.92 Å². The number of nitrogens with zero attached hydrogens (tertiary/aromatic N) is 3. The summed E-state index contributed by atoms with van der Waals surface area (Å²) in [6, 6.07) is 9.93. The van der Waals surface area contributed by atoms with Gasteiger partial charge in [0.2, 0.25) is 11.9 Å². The summed E-state index contributed by atoms with van der Waals surface area (Å²) in [6.07, 6.45) is 0. The highest BCUT2D eigenvalue weighted by Crippen LogP contribution is 2.11. The van der Waals surface area contributed by atoms with Gasteiger partial charge in [-0.25, -0.2) is 0 Å². The molecule has 0 aliphatic rings. The Morgan fingerprint density at radius 2 is 1.76 bits per heavy atom. The largest absolute Gasteiger partial charge is 0.492 e. The molecule has 0 unspecified atom stereocenters. The first kappa shape index (κ1) is 14.8. The van der Waals surface area contributed by atoms with Crippen molar-refractivity contribution in [3.8, 4) is 11.8 Å². The number of aromatic nitrogens is 3. The van der Waals surface area contributed by atoms with E-state index >= 15 is 0 Å². The molecule has 7 heteroatoms. The maximum Gasteiger partial charge on any atom is 0.323 e. The van der Waals surface area contributed by atoms with E-state index in [1.54, 1.807) is 7.05 Å². The Labute approximate surface area is 123 Å². The number of ether oxygens (including phenoxy) is 2. The summed E-state index contributed by atoms with van der Waals surface area (Å²) in [5.74, 6) is 1.75. The van der Waals surface area contributed by atoms with Gasteiger partial charge < -0.3 is 20.1 Å². The number of rotatable bonds is 8. The first-order valence-corrected chi connectivity index (χ1v) is 6.80. The summed E-state index contributed by atoms with van der Waals surface area (Å²) in [7, 11) is 1.74. The van der Waals surface area contributed by atoms with Gasteiger partial charge in [0.15, 0.2) is 0 Å². The Hall–Kier alpha value is -2.57. The maximum absolute atomic E-state index is 5.58. The van der Waals surface area contributed by atoms with Crippen LogP contribution in [-0.4, -0.2) is 41.8 Å². The van der Waals surface area contributed by atoms with Gasteiger partial charge in [-0.15, -0.1) is 0 Å². The number of nitrogens with one attached hydrogen (secondary N) is 2. The molecule has 0 bridgehead atoms. The molecule has 0 fully saturated rings. The molecule has 21 heavy (non-hydrogen) atoms. The summed E-state index contributed by atoms with van der Waals surface area (Å²) in [5, 5.41) is 5.95. The lowest BCUT2D eigenvalue weighted by Crippen LogP contribution is -2.15. The van der Waals surface area contributed by atoms with Crippen molar-refractivity contribution in [3.63, 3.8) is 0 Å². The van der Waals surface area contributed by atoms with Crippen LogP contribution in [0.15, 0.2) is 30.3 Å². The molecule has 1 aromatic heterocycles. The fraction of sp³-hybridized carbons (Fsp3) is 0.357. The molecule has 7 nitrogen and oxygen atoms in total. The number of hydrogen-bond donors (Lipinski definition) is 2. The van der Waals surface area contributed by atoms with E-state index in [1.165, 1.54) is 0 Å². The second kappa shape index (κ2) is 7.88. The van der Waals surface area contributed by atoms with Gasteiger partial charge in [0.1, 0.15) is 12.4 Å². The normalized spacial score (nSPS) is 10.0. The third-order valence-electron chi connectivity index (χ3n) is 2.51. The lowest BCUT2D eigenvalue weighted by molar-refractivity contribution is 0.312. The van der Waals surface area contributed by atoms with Gasteiger partial charge in [-0.05, 0) is 19.1 Å². The van der Waals surface area contributed by atoms with Crippen LogP contribution in [0.5, 0.6) is 11.8 Å². The second-order valence-electron chi connectivity index (χ2n) is 4.04. The Morgan fingerprint density at radius 3 is 2.48 bits per heavy atom. The third-order valence-corrected chi connectivity index (χ3v) is 2.51. The fourth-order valence-corrected chi connectivity index (χ4v) is 1.59. The van der Waals surface area contributed by atoms with E-state index < -0.39 is 0 Å². The highest BCUT2D eigenvalue weighted by atomic mass is 16.5. The number of hydrogen-bond acceptors (Lipinski definition) is 7. The molecular formula is C14H19N5O2. The molecule has 1 heterocycles. The molecule has 0 atom stereocenters. The van der Waals surface area contributed by atoms with Gasteiger partial charge in [0.25, 0.3) is 0 Å². The first-order chi connectivity index (χ1) is 10.3. The van der Waals surface area contributed by atoms with Crippen LogP contribution in [-0.2, 0) is 0 Å². The average Bonchev–Trinajstić information content (AvgIpc) is 2.53. The van der Waals surface area contributed by atoms with Gasteiger partial charge in [-0.2, -0.15) is 15.0 Å². The number of para-hydroxylation sites is 1. The minimum absolute atomic E-state index is 0.295. The van der Waals surface area contributed by atoms with Crippen LogP contribution in [0.25, 0.3) is 0 Å². The van der Waals surface area contributed by atoms with Crippen LogP contribution in [0.3, 0.4) is 0 Å². The third kappa shape index (κ3) is 4.79. The van der Waals surface area contributed by atoms with E-state index in [2.05, 4.69) is 25.6 Å². The molecule has 0 aliphatic heterocycles. The van der Waals surface area contributed by atoms with Crippen LogP contribution in [0.2, 0.25) is 0 Å². The van der Waals surface area contributed by atoms with E-state index in [-0.39, 0.29) is 0 Å². The Morgan fingerprint density at radius 1 is 1.00 bits per heavy atom. The number of anilines is 2. The van der Waals surface area contributed by atoms with E-state index in [9.17, 15) is 0 Å². The quantitative estimate of drug-likeness (QED) is 0.717. The molecule has 2 N–H and O–H groups in total. The van der Waals surface area contributed by atoms with Crippen molar-refractivity contribution in [3.05, 3.63) is 30.3 Å². The molecule has 1 aromatic carbocycles. The Balaban J connectivity index is 1.86. The summed E-state index contributed by atoms with van der Waals surface area (Å²) >= 11 is 0. The molecule has 0 radical (unpaired) electrons. The van der Waals surface area contributed by atoms with Crippen molar-refractivity contribution in [2.45, 2.75) is 6.92 Å². The topological polar surface area (TPSA) is 81.2 Å². The van der Waals surface area contributed by atoms with Crippen LogP contribution < -0.4 is 20.1 Å². The van der Waals surface area contributed by atoms with Crippen molar-refractivity contribution in [2.75, 3.05) is 37.4 Å². The molecule has 0 saturated carbocycles. The summed E-state index contributed by atoms with van der Waals surface area (Å²) in [5.41, 5.74) is 0. The molecular weight excluding hydrogens is 270 g/mol. The van der Waals surface area contributed by atoms with Crippen molar-refractivity contribution in [1.82, 2.24) is 15.0 Å². The standard InChI is InChI=1S/C14H19N5O2/c1-3-20-14-18-12(15-2)17-13(19-14)16-9-10-21-11-7-5-4-6-8-11/h4-8H,3,9-10H2,1-2H3,(H2,15,16,17,18,19). The molecule has 2 aromatic rings. The van der Waals surface area contributed by atoms with Gasteiger partial charge in [-0.1, -0.05) is 18.2 Å². The van der Waals surface area contributed by atoms with Crippen LogP contribution in [0, 0.1) is 0 Å². The predicted molar refractivity (Wildman–Crippen MR) is 81.0 cm³/mol. The molecule has 0 amide bonds. The minimum atomic E-state index is 0.295. The van der Waals surface area contributed by atoms with E-state index in [4.69, 9.17) is 9.47 Å². The average molecular weight is 289 g/mol. The monoisotopic (exact) mass is 289 g/mol. The first-order valence-electron chi connectivity index (χ1n) is 6.80. The lowest BCUT2D eigenvalue weighted by atomic mass is 10.3. The molecule has 112 valence electrons. The Kier molecular flexibility index (Phi) is 5.57. The van der Waals surface area contributed by atoms with Gasteiger partial charge in [0.05, 0.1) is 13.2 Å². The zero-order valence-corrected chi connectivity index (χ0v) is 12.2. The zero-order valence-electron chi connectivity index (χ0n) is 12.2. The smallest absolute Gasteiger partial charge is 0.323 e. The number of benzene rings is 1. The maximum atomic E-state index is 5.58. The van der Waals surface area contributed by atoms with E-state index in [0.29, 0.717) is 37.7 Å².